The summed E-state index contributed by atoms with van der Waals surface area (Å²) in [6.07, 6.45) is 0. The van der Waals surface area contributed by atoms with E-state index in [9.17, 15) is 4.79 Å². The third-order valence-corrected chi connectivity index (χ3v) is 3.99. The van der Waals surface area contributed by atoms with E-state index in [0.29, 0.717) is 16.3 Å². The van der Waals surface area contributed by atoms with Crippen molar-refractivity contribution in [2.45, 2.75) is 0 Å². The van der Waals surface area contributed by atoms with E-state index in [2.05, 4.69) is 15.5 Å². The van der Waals surface area contributed by atoms with Gasteiger partial charge in [-0.15, -0.1) is 10.2 Å². The van der Waals surface area contributed by atoms with Crippen LogP contribution in [0.4, 0.5) is 10.8 Å². The summed E-state index contributed by atoms with van der Waals surface area (Å²) in [7, 11) is 0. The van der Waals surface area contributed by atoms with Crippen LogP contribution in [0.3, 0.4) is 0 Å². The monoisotopic (exact) mass is 321 g/mol. The number of aromatic nitrogens is 2. The molecule has 0 spiro atoms. The van der Waals surface area contributed by atoms with E-state index in [4.69, 9.17) is 11.0 Å². The molecule has 6 nitrogen and oxygen atoms in total. The van der Waals surface area contributed by atoms with E-state index in [0.717, 1.165) is 10.6 Å². The molecule has 1 aromatic heterocycles. The van der Waals surface area contributed by atoms with Crippen molar-refractivity contribution in [3.8, 4) is 16.6 Å². The van der Waals surface area contributed by atoms with Gasteiger partial charge in [-0.1, -0.05) is 41.7 Å². The lowest BCUT2D eigenvalue weighted by atomic mass is 10.1. The highest BCUT2D eigenvalue weighted by Gasteiger charge is 2.12. The van der Waals surface area contributed by atoms with Gasteiger partial charge in [-0.3, -0.25) is 10.1 Å². The van der Waals surface area contributed by atoms with E-state index < -0.39 is 0 Å². The van der Waals surface area contributed by atoms with E-state index in [-0.39, 0.29) is 11.6 Å². The van der Waals surface area contributed by atoms with Gasteiger partial charge in [0.05, 0.1) is 11.3 Å². The molecule has 0 unspecified atom stereocenters. The molecular formula is C16H11N5OS. The molecule has 112 valence electrons. The predicted molar refractivity (Wildman–Crippen MR) is 88.9 cm³/mol. The molecule has 0 atom stereocenters. The molecule has 0 aliphatic rings. The maximum Gasteiger partial charge on any atom is 0.257 e. The number of benzene rings is 2. The molecule has 0 aliphatic carbocycles. The van der Waals surface area contributed by atoms with Crippen LogP contribution in [0.15, 0.2) is 48.5 Å². The number of nitrogens with one attached hydrogen (secondary N) is 1. The van der Waals surface area contributed by atoms with Gasteiger partial charge in [0.15, 0.2) is 0 Å². The van der Waals surface area contributed by atoms with Crippen LogP contribution in [-0.2, 0) is 0 Å². The molecule has 0 saturated carbocycles. The Morgan fingerprint density at radius 3 is 2.65 bits per heavy atom. The first-order valence-electron chi connectivity index (χ1n) is 6.67. The zero-order chi connectivity index (χ0) is 16.2. The van der Waals surface area contributed by atoms with Gasteiger partial charge in [0.2, 0.25) is 5.13 Å². The van der Waals surface area contributed by atoms with Crippen molar-refractivity contribution in [3.63, 3.8) is 0 Å². The van der Waals surface area contributed by atoms with Crippen LogP contribution in [-0.4, -0.2) is 16.1 Å². The first-order valence-corrected chi connectivity index (χ1v) is 7.49. The average molecular weight is 321 g/mol. The predicted octanol–water partition coefficient (Wildman–Crippen LogP) is 2.91. The summed E-state index contributed by atoms with van der Waals surface area (Å²) in [6.45, 7) is 0. The lowest BCUT2D eigenvalue weighted by molar-refractivity contribution is 0.102. The molecule has 0 saturated heterocycles. The molecule has 2 aromatic carbocycles. The van der Waals surface area contributed by atoms with Crippen LogP contribution in [0.2, 0.25) is 0 Å². The number of hydrogen-bond donors (Lipinski definition) is 2. The number of anilines is 2. The Kier molecular flexibility index (Phi) is 3.99. The molecular weight excluding hydrogens is 310 g/mol. The minimum absolute atomic E-state index is 0.266. The zero-order valence-corrected chi connectivity index (χ0v) is 12.7. The number of rotatable bonds is 3. The summed E-state index contributed by atoms with van der Waals surface area (Å²) >= 11 is 1.28. The summed E-state index contributed by atoms with van der Waals surface area (Å²) in [5.41, 5.74) is 7.62. The van der Waals surface area contributed by atoms with Gasteiger partial charge in [0.25, 0.3) is 5.91 Å². The van der Waals surface area contributed by atoms with Gasteiger partial charge in [-0.2, -0.15) is 5.26 Å². The van der Waals surface area contributed by atoms with Gasteiger partial charge in [0.1, 0.15) is 11.1 Å². The molecule has 0 fully saturated rings. The zero-order valence-electron chi connectivity index (χ0n) is 11.9. The molecule has 23 heavy (non-hydrogen) atoms. The highest BCUT2D eigenvalue weighted by molar-refractivity contribution is 7.18. The molecule has 3 rings (SSSR count). The smallest absolute Gasteiger partial charge is 0.257 e. The Morgan fingerprint density at radius 2 is 1.96 bits per heavy atom. The normalized spacial score (nSPS) is 10.0. The maximum atomic E-state index is 12.2. The fraction of sp³-hybridized carbons (Fsp3) is 0. The maximum absolute atomic E-state index is 12.2. The fourth-order valence-electron chi connectivity index (χ4n) is 1.95. The molecule has 1 amide bonds. The van der Waals surface area contributed by atoms with Crippen LogP contribution in [0.5, 0.6) is 0 Å². The van der Waals surface area contributed by atoms with Crippen molar-refractivity contribution in [2.75, 3.05) is 11.1 Å². The van der Waals surface area contributed by atoms with E-state index in [1.165, 1.54) is 23.5 Å². The second kappa shape index (κ2) is 6.25. The largest absolute Gasteiger partial charge is 0.398 e. The second-order valence-electron chi connectivity index (χ2n) is 4.65. The Balaban J connectivity index is 1.78. The highest BCUT2D eigenvalue weighted by atomic mass is 32.1. The third-order valence-electron chi connectivity index (χ3n) is 3.10. The minimum Gasteiger partial charge on any atom is -0.398 e. The standard InChI is InChI=1S/C16H11N5OS/c17-9-12-7-6-11(8-13(12)18)14(22)19-16-21-20-15(23-16)10-4-2-1-3-5-10/h1-8H,18H2,(H,19,21,22). The Bertz CT molecular complexity index is 898. The van der Waals surface area contributed by atoms with Crippen LogP contribution in [0.25, 0.3) is 10.6 Å². The lowest BCUT2D eigenvalue weighted by Crippen LogP contribution is -2.12. The first kappa shape index (κ1) is 14.7. The number of carbonyl (C=O) groups excluding carboxylic acids is 1. The van der Waals surface area contributed by atoms with Gasteiger partial charge < -0.3 is 5.73 Å². The number of nitrogen functional groups attached to an aromatic ring is 1. The molecule has 1 heterocycles. The number of hydrogen-bond acceptors (Lipinski definition) is 6. The lowest BCUT2D eigenvalue weighted by Gasteiger charge is -2.03. The van der Waals surface area contributed by atoms with Gasteiger partial charge in [-0.25, -0.2) is 0 Å². The summed E-state index contributed by atoms with van der Waals surface area (Å²) in [4.78, 5) is 12.2. The quantitative estimate of drug-likeness (QED) is 0.722. The number of nitrogens with zero attached hydrogens (tertiary/aromatic N) is 3. The molecule has 7 heteroatoms. The van der Waals surface area contributed by atoms with Crippen LogP contribution < -0.4 is 11.1 Å². The average Bonchev–Trinajstić information content (AvgIpc) is 3.04. The molecule has 0 radical (unpaired) electrons. The Morgan fingerprint density at radius 1 is 1.17 bits per heavy atom. The Hall–Kier alpha value is -3.24. The number of nitrogens with two attached hydrogens (primary N) is 1. The molecule has 0 aliphatic heterocycles. The Labute approximate surface area is 136 Å². The number of amides is 1. The van der Waals surface area contributed by atoms with E-state index in [1.54, 1.807) is 6.07 Å². The van der Waals surface area contributed by atoms with Gasteiger partial charge >= 0.3 is 0 Å². The summed E-state index contributed by atoms with van der Waals surface area (Å²) in [5, 5.41) is 20.7. The third kappa shape index (κ3) is 3.17. The fourth-order valence-corrected chi connectivity index (χ4v) is 2.69. The van der Waals surface area contributed by atoms with Gasteiger partial charge in [-0.05, 0) is 18.2 Å². The first-order chi connectivity index (χ1) is 11.2. The molecule has 3 N–H and O–H groups in total. The number of carbonyl (C=O) groups is 1. The van der Waals surface area contributed by atoms with Crippen molar-refractivity contribution in [3.05, 3.63) is 59.7 Å². The number of nitriles is 1. The highest BCUT2D eigenvalue weighted by Crippen LogP contribution is 2.26. The summed E-state index contributed by atoms with van der Waals surface area (Å²) < 4.78 is 0. The van der Waals surface area contributed by atoms with Crippen molar-refractivity contribution in [1.82, 2.24) is 10.2 Å². The molecule has 0 bridgehead atoms. The topological polar surface area (TPSA) is 105 Å². The minimum atomic E-state index is -0.350. The van der Waals surface area contributed by atoms with Crippen molar-refractivity contribution in [1.29, 1.82) is 5.26 Å². The summed E-state index contributed by atoms with van der Waals surface area (Å²) in [5.74, 6) is -0.350. The van der Waals surface area contributed by atoms with Crippen LogP contribution >= 0.6 is 11.3 Å². The van der Waals surface area contributed by atoms with Crippen molar-refractivity contribution >= 4 is 28.1 Å². The van der Waals surface area contributed by atoms with Crippen LogP contribution in [0.1, 0.15) is 15.9 Å². The van der Waals surface area contributed by atoms with E-state index >= 15 is 0 Å². The van der Waals surface area contributed by atoms with Crippen LogP contribution in [0, 0.1) is 11.3 Å². The second-order valence-corrected chi connectivity index (χ2v) is 5.62. The van der Waals surface area contributed by atoms with Crippen molar-refractivity contribution < 1.29 is 4.79 Å². The molecule has 3 aromatic rings. The summed E-state index contributed by atoms with van der Waals surface area (Å²) in [6, 6.07) is 16.1. The SMILES string of the molecule is N#Cc1ccc(C(=O)Nc2nnc(-c3ccccc3)s2)cc1N. The van der Waals surface area contributed by atoms with Gasteiger partial charge in [0, 0.05) is 11.1 Å². The van der Waals surface area contributed by atoms with Crippen molar-refractivity contribution in [2.24, 2.45) is 0 Å². The van der Waals surface area contributed by atoms with E-state index in [1.807, 2.05) is 36.4 Å².